The number of pyridine rings is 2. The van der Waals surface area contributed by atoms with E-state index in [1.165, 1.54) is 41.2 Å². The van der Waals surface area contributed by atoms with Crippen LogP contribution in [0.1, 0.15) is 17.3 Å². The maximum atomic E-state index is 12.5. The first-order valence-electron chi connectivity index (χ1n) is 5.85. The van der Waals surface area contributed by atoms with Crippen LogP contribution in [0.2, 0.25) is 5.15 Å². The predicted molar refractivity (Wildman–Crippen MR) is 79.7 cm³/mol. The van der Waals surface area contributed by atoms with Crippen molar-refractivity contribution in [1.29, 1.82) is 0 Å². The van der Waals surface area contributed by atoms with Crippen molar-refractivity contribution in [2.45, 2.75) is 6.92 Å². The summed E-state index contributed by atoms with van der Waals surface area (Å²) in [4.78, 5) is 32.3. The zero-order valence-corrected chi connectivity index (χ0v) is 12.3. The van der Waals surface area contributed by atoms with Crippen molar-refractivity contribution >= 4 is 39.8 Å². The Kier molecular flexibility index (Phi) is 3.23. The van der Waals surface area contributed by atoms with Gasteiger partial charge in [0.2, 0.25) is 0 Å². The Hall–Kier alpha value is -2.25. The van der Waals surface area contributed by atoms with Crippen LogP contribution in [-0.4, -0.2) is 25.4 Å². The van der Waals surface area contributed by atoms with Crippen LogP contribution >= 0.6 is 22.9 Å². The first-order valence-corrected chi connectivity index (χ1v) is 7.11. The van der Waals surface area contributed by atoms with Crippen LogP contribution < -0.4 is 5.56 Å². The van der Waals surface area contributed by atoms with Gasteiger partial charge in [0.05, 0.1) is 5.39 Å². The molecular formula is C13H8ClN3O3S. The molecule has 0 fully saturated rings. The number of carbonyl (C=O) groups is 1. The smallest absolute Gasteiger partial charge is 0.273 e. The number of hydrogen-bond donors (Lipinski definition) is 1. The molecule has 0 unspecified atom stereocenters. The van der Waals surface area contributed by atoms with E-state index >= 15 is 0 Å². The van der Waals surface area contributed by atoms with Gasteiger partial charge in [0.1, 0.15) is 16.5 Å². The van der Waals surface area contributed by atoms with Crippen LogP contribution in [-0.2, 0) is 0 Å². The molecule has 8 heteroatoms. The third kappa shape index (κ3) is 2.10. The van der Waals surface area contributed by atoms with E-state index in [1.54, 1.807) is 5.38 Å². The number of nitrogens with zero attached hydrogens (tertiary/aromatic N) is 3. The second kappa shape index (κ2) is 4.94. The van der Waals surface area contributed by atoms with Gasteiger partial charge in [0, 0.05) is 11.6 Å². The highest BCUT2D eigenvalue weighted by Crippen LogP contribution is 2.28. The number of thiazole rings is 1. The molecule has 0 amide bonds. The molecule has 3 aromatic heterocycles. The molecule has 0 aliphatic carbocycles. The summed E-state index contributed by atoms with van der Waals surface area (Å²) in [6, 6.07) is 2.99. The lowest BCUT2D eigenvalue weighted by molar-refractivity contribution is 0.101. The van der Waals surface area contributed by atoms with E-state index in [1.807, 2.05) is 0 Å². The van der Waals surface area contributed by atoms with E-state index in [4.69, 9.17) is 11.6 Å². The lowest BCUT2D eigenvalue weighted by Gasteiger charge is -2.11. The van der Waals surface area contributed by atoms with Crippen LogP contribution in [0.25, 0.3) is 16.2 Å². The highest BCUT2D eigenvalue weighted by Gasteiger charge is 2.22. The Balaban J connectivity index is 2.58. The Morgan fingerprint density at radius 1 is 1.43 bits per heavy atom. The Morgan fingerprint density at radius 3 is 2.81 bits per heavy atom. The van der Waals surface area contributed by atoms with Crippen LogP contribution in [0.3, 0.4) is 0 Å². The Morgan fingerprint density at radius 2 is 2.19 bits per heavy atom. The van der Waals surface area contributed by atoms with Gasteiger partial charge in [-0.1, -0.05) is 11.6 Å². The third-order valence-corrected chi connectivity index (χ3v) is 3.89. The molecule has 3 rings (SSSR count). The standard InChI is InChI=1S/C13H8ClN3O3S/c1-6(18)9-10(19)7-2-3-8(14)16-11(7)17(12(9)20)13-15-4-5-21-13/h2-5,19H,1H3. The molecule has 106 valence electrons. The summed E-state index contributed by atoms with van der Waals surface area (Å²) in [6.07, 6.45) is 1.53. The van der Waals surface area contributed by atoms with Crippen molar-refractivity contribution in [3.63, 3.8) is 0 Å². The van der Waals surface area contributed by atoms with Gasteiger partial charge in [-0.15, -0.1) is 11.3 Å². The zero-order chi connectivity index (χ0) is 15.1. The van der Waals surface area contributed by atoms with E-state index in [0.29, 0.717) is 5.13 Å². The topological polar surface area (TPSA) is 85.1 Å². The summed E-state index contributed by atoms with van der Waals surface area (Å²) in [7, 11) is 0. The fourth-order valence-electron chi connectivity index (χ4n) is 2.05. The van der Waals surface area contributed by atoms with E-state index < -0.39 is 11.3 Å². The number of fused-ring (bicyclic) bond motifs is 1. The lowest BCUT2D eigenvalue weighted by Crippen LogP contribution is -2.25. The number of halogens is 1. The minimum absolute atomic E-state index is 0.157. The summed E-state index contributed by atoms with van der Waals surface area (Å²) < 4.78 is 1.18. The van der Waals surface area contributed by atoms with E-state index in [0.717, 1.165) is 0 Å². The highest BCUT2D eigenvalue weighted by atomic mass is 35.5. The van der Waals surface area contributed by atoms with Gasteiger partial charge in [-0.05, 0) is 19.1 Å². The van der Waals surface area contributed by atoms with Crippen molar-refractivity contribution < 1.29 is 9.90 Å². The molecular weight excluding hydrogens is 314 g/mol. The predicted octanol–water partition coefficient (Wildman–Crippen LogP) is 2.40. The molecule has 0 aliphatic heterocycles. The number of aromatic nitrogens is 3. The summed E-state index contributed by atoms with van der Waals surface area (Å²) in [6.45, 7) is 1.22. The molecule has 0 saturated heterocycles. The molecule has 0 saturated carbocycles. The minimum Gasteiger partial charge on any atom is -0.506 e. The van der Waals surface area contributed by atoms with Crippen molar-refractivity contribution in [3.8, 4) is 10.9 Å². The Labute approximate surface area is 127 Å². The van der Waals surface area contributed by atoms with Gasteiger partial charge in [-0.2, -0.15) is 0 Å². The fourth-order valence-corrected chi connectivity index (χ4v) is 2.83. The van der Waals surface area contributed by atoms with Gasteiger partial charge in [0.15, 0.2) is 16.6 Å². The Bertz CT molecular complexity index is 919. The number of Topliss-reactive ketones (excluding diaryl/α,β-unsaturated/α-hetero) is 1. The summed E-state index contributed by atoms with van der Waals surface area (Å²) in [5, 5.41) is 12.7. The summed E-state index contributed by atoms with van der Waals surface area (Å²) >= 11 is 7.08. The molecule has 6 nitrogen and oxygen atoms in total. The van der Waals surface area contributed by atoms with Crippen molar-refractivity contribution in [1.82, 2.24) is 14.5 Å². The maximum Gasteiger partial charge on any atom is 0.273 e. The van der Waals surface area contributed by atoms with Crippen LogP contribution in [0.5, 0.6) is 5.75 Å². The van der Waals surface area contributed by atoms with Crippen molar-refractivity contribution in [2.75, 3.05) is 0 Å². The number of hydrogen-bond acceptors (Lipinski definition) is 6. The van der Waals surface area contributed by atoms with Gasteiger partial charge >= 0.3 is 0 Å². The van der Waals surface area contributed by atoms with Gasteiger partial charge < -0.3 is 5.11 Å². The van der Waals surface area contributed by atoms with Gasteiger partial charge in [-0.25, -0.2) is 14.5 Å². The molecule has 1 N–H and O–H groups in total. The van der Waals surface area contributed by atoms with E-state index in [-0.39, 0.29) is 27.5 Å². The van der Waals surface area contributed by atoms with Crippen LogP contribution in [0.4, 0.5) is 0 Å². The van der Waals surface area contributed by atoms with Crippen LogP contribution in [0.15, 0.2) is 28.5 Å². The number of ketones is 1. The molecule has 0 aromatic carbocycles. The van der Waals surface area contributed by atoms with Crippen molar-refractivity contribution in [3.05, 3.63) is 44.8 Å². The zero-order valence-electron chi connectivity index (χ0n) is 10.7. The molecule has 3 aromatic rings. The second-order valence-electron chi connectivity index (χ2n) is 4.24. The maximum absolute atomic E-state index is 12.5. The third-order valence-electron chi connectivity index (χ3n) is 2.92. The normalized spacial score (nSPS) is 11.0. The van der Waals surface area contributed by atoms with Gasteiger partial charge in [0.25, 0.3) is 5.56 Å². The molecule has 0 atom stereocenters. The number of carbonyl (C=O) groups excluding carboxylic acids is 1. The lowest BCUT2D eigenvalue weighted by atomic mass is 10.1. The second-order valence-corrected chi connectivity index (χ2v) is 5.50. The minimum atomic E-state index is -0.669. The summed E-state index contributed by atoms with van der Waals surface area (Å²) in [5.41, 5.74) is -0.802. The molecule has 21 heavy (non-hydrogen) atoms. The average molecular weight is 322 g/mol. The molecule has 3 heterocycles. The van der Waals surface area contributed by atoms with Gasteiger partial charge in [-0.3, -0.25) is 9.59 Å². The summed E-state index contributed by atoms with van der Waals surface area (Å²) in [5.74, 6) is -0.917. The highest BCUT2D eigenvalue weighted by molar-refractivity contribution is 7.12. The molecule has 0 radical (unpaired) electrons. The quantitative estimate of drug-likeness (QED) is 0.578. The first kappa shape index (κ1) is 13.7. The fraction of sp³-hybridized carbons (Fsp3) is 0.0769. The van der Waals surface area contributed by atoms with E-state index in [9.17, 15) is 14.7 Å². The molecule has 0 spiro atoms. The van der Waals surface area contributed by atoms with Crippen LogP contribution in [0, 0.1) is 0 Å². The van der Waals surface area contributed by atoms with E-state index in [2.05, 4.69) is 9.97 Å². The SMILES string of the molecule is CC(=O)c1c(O)c2ccc(Cl)nc2n(-c2nccs2)c1=O. The first-order chi connectivity index (χ1) is 10.0. The number of rotatable bonds is 2. The van der Waals surface area contributed by atoms with Crippen molar-refractivity contribution in [2.24, 2.45) is 0 Å². The average Bonchev–Trinajstić information content (AvgIpc) is 2.91. The largest absolute Gasteiger partial charge is 0.506 e. The number of aromatic hydroxyl groups is 1. The molecule has 0 aliphatic rings. The molecule has 0 bridgehead atoms. The monoisotopic (exact) mass is 321 g/mol.